The molecule has 10 rings (SSSR count). The summed E-state index contributed by atoms with van der Waals surface area (Å²) in [5, 5.41) is 8.67. The van der Waals surface area contributed by atoms with Crippen LogP contribution >= 0.6 is 0 Å². The summed E-state index contributed by atoms with van der Waals surface area (Å²) < 4.78 is 2.32. The van der Waals surface area contributed by atoms with Crippen molar-refractivity contribution < 1.29 is 0 Å². The highest BCUT2D eigenvalue weighted by atomic mass is 15.0. The molecule has 10 aromatic rings. The molecular formula is C45H28N2. The number of imidazole rings is 1. The lowest BCUT2D eigenvalue weighted by atomic mass is 9.85. The van der Waals surface area contributed by atoms with Crippen LogP contribution in [-0.2, 0) is 0 Å². The Bertz CT molecular complexity index is 2830. The van der Waals surface area contributed by atoms with Gasteiger partial charge in [0, 0.05) is 10.8 Å². The van der Waals surface area contributed by atoms with Crippen molar-refractivity contribution in [1.82, 2.24) is 9.38 Å². The molecule has 0 amide bonds. The molecule has 0 saturated carbocycles. The monoisotopic (exact) mass is 596 g/mol. The highest BCUT2D eigenvalue weighted by Crippen LogP contribution is 2.45. The van der Waals surface area contributed by atoms with E-state index in [2.05, 4.69) is 174 Å². The van der Waals surface area contributed by atoms with Gasteiger partial charge in [-0.3, -0.25) is 4.40 Å². The molecule has 2 heterocycles. The average Bonchev–Trinajstić information content (AvgIpc) is 3.54. The van der Waals surface area contributed by atoms with Crippen LogP contribution in [0.3, 0.4) is 0 Å². The minimum Gasteiger partial charge on any atom is -0.292 e. The van der Waals surface area contributed by atoms with E-state index in [1.54, 1.807) is 0 Å². The van der Waals surface area contributed by atoms with E-state index in [1.165, 1.54) is 71.0 Å². The van der Waals surface area contributed by atoms with E-state index in [0.29, 0.717) is 0 Å². The summed E-state index contributed by atoms with van der Waals surface area (Å²) in [7, 11) is 0. The second-order valence-corrected chi connectivity index (χ2v) is 12.3. The fourth-order valence-corrected chi connectivity index (χ4v) is 7.68. The summed E-state index contributed by atoms with van der Waals surface area (Å²) in [6, 6.07) is 61.5. The lowest BCUT2D eigenvalue weighted by molar-refractivity contribution is 1.31. The number of aromatic nitrogens is 2. The van der Waals surface area contributed by atoms with Crippen molar-refractivity contribution in [3.8, 4) is 33.4 Å². The third kappa shape index (κ3) is 3.89. The number of benzene rings is 8. The highest BCUT2D eigenvalue weighted by Gasteiger charge is 2.18. The number of para-hydroxylation sites is 1. The second kappa shape index (κ2) is 10.1. The van der Waals surface area contributed by atoms with Gasteiger partial charge in [-0.15, -0.1) is 0 Å². The van der Waals surface area contributed by atoms with Crippen LogP contribution in [0.2, 0.25) is 0 Å². The van der Waals surface area contributed by atoms with Gasteiger partial charge < -0.3 is 0 Å². The zero-order valence-corrected chi connectivity index (χ0v) is 25.6. The van der Waals surface area contributed by atoms with E-state index in [-0.39, 0.29) is 0 Å². The normalized spacial score (nSPS) is 11.8. The average molecular weight is 597 g/mol. The van der Waals surface area contributed by atoms with Gasteiger partial charge in [-0.25, -0.2) is 4.98 Å². The lowest BCUT2D eigenvalue weighted by Crippen LogP contribution is -1.92. The summed E-state index contributed by atoms with van der Waals surface area (Å²) in [6.45, 7) is 0. The molecule has 2 aromatic heterocycles. The molecule has 0 aliphatic carbocycles. The zero-order valence-electron chi connectivity index (χ0n) is 25.6. The number of fused-ring (bicyclic) bond motifs is 10. The Kier molecular flexibility index (Phi) is 5.61. The van der Waals surface area contributed by atoms with E-state index in [9.17, 15) is 0 Å². The molecule has 2 nitrogen and oxygen atoms in total. The largest absolute Gasteiger partial charge is 0.292 e. The van der Waals surface area contributed by atoms with E-state index in [4.69, 9.17) is 4.98 Å². The number of hydrogen-bond acceptors (Lipinski definition) is 1. The minimum absolute atomic E-state index is 0.996. The van der Waals surface area contributed by atoms with Crippen LogP contribution in [0.1, 0.15) is 0 Å². The first kappa shape index (κ1) is 26.0. The molecule has 0 N–H and O–H groups in total. The minimum atomic E-state index is 0.996. The number of nitrogens with zero attached hydrogens (tertiary/aromatic N) is 2. The molecular weight excluding hydrogens is 569 g/mol. The topological polar surface area (TPSA) is 17.3 Å². The van der Waals surface area contributed by atoms with Gasteiger partial charge in [-0.1, -0.05) is 146 Å². The molecule has 0 aliphatic rings. The quantitative estimate of drug-likeness (QED) is 0.146. The maximum Gasteiger partial charge on any atom is 0.146 e. The van der Waals surface area contributed by atoms with Gasteiger partial charge in [-0.2, -0.15) is 0 Å². The van der Waals surface area contributed by atoms with Crippen LogP contribution in [0.15, 0.2) is 170 Å². The van der Waals surface area contributed by atoms with Crippen LogP contribution in [0.4, 0.5) is 0 Å². The van der Waals surface area contributed by atoms with E-state index in [0.717, 1.165) is 22.2 Å². The second-order valence-electron chi connectivity index (χ2n) is 12.3. The van der Waals surface area contributed by atoms with Gasteiger partial charge in [0.25, 0.3) is 0 Å². The zero-order chi connectivity index (χ0) is 30.9. The molecule has 0 fully saturated rings. The summed E-state index contributed by atoms with van der Waals surface area (Å²) in [4.78, 5) is 5.26. The van der Waals surface area contributed by atoms with Crippen molar-refractivity contribution in [2.24, 2.45) is 0 Å². The molecule has 0 bridgehead atoms. The predicted octanol–water partition coefficient (Wildman–Crippen LogP) is 12.1. The Morgan fingerprint density at radius 3 is 1.53 bits per heavy atom. The van der Waals surface area contributed by atoms with Gasteiger partial charge in [0.15, 0.2) is 0 Å². The molecule has 0 spiro atoms. The van der Waals surface area contributed by atoms with Crippen molar-refractivity contribution in [2.75, 3.05) is 0 Å². The van der Waals surface area contributed by atoms with Crippen molar-refractivity contribution in [1.29, 1.82) is 0 Å². The summed E-state index contributed by atoms with van der Waals surface area (Å²) in [6.07, 6.45) is 0. The third-order valence-corrected chi connectivity index (χ3v) is 9.74. The summed E-state index contributed by atoms with van der Waals surface area (Å²) in [5.74, 6) is 0. The van der Waals surface area contributed by atoms with Crippen molar-refractivity contribution in [3.63, 3.8) is 0 Å². The van der Waals surface area contributed by atoms with Gasteiger partial charge in [-0.05, 0) is 84.6 Å². The Morgan fingerprint density at radius 1 is 0.319 bits per heavy atom. The smallest absolute Gasteiger partial charge is 0.146 e. The van der Waals surface area contributed by atoms with Gasteiger partial charge in [0.1, 0.15) is 5.65 Å². The highest BCUT2D eigenvalue weighted by molar-refractivity contribution is 6.22. The number of hydrogen-bond donors (Lipinski definition) is 0. The van der Waals surface area contributed by atoms with Crippen molar-refractivity contribution in [3.05, 3.63) is 170 Å². The van der Waals surface area contributed by atoms with Crippen molar-refractivity contribution >= 4 is 59.9 Å². The van der Waals surface area contributed by atoms with Crippen LogP contribution in [0, 0.1) is 0 Å². The van der Waals surface area contributed by atoms with Gasteiger partial charge >= 0.3 is 0 Å². The van der Waals surface area contributed by atoms with Crippen molar-refractivity contribution in [2.45, 2.75) is 0 Å². The summed E-state index contributed by atoms with van der Waals surface area (Å²) >= 11 is 0. The Hall–Kier alpha value is -6.25. The fourth-order valence-electron chi connectivity index (χ4n) is 7.68. The van der Waals surface area contributed by atoms with Gasteiger partial charge in [0.05, 0.1) is 16.6 Å². The molecule has 2 heteroatoms. The first-order chi connectivity index (χ1) is 23.3. The molecule has 0 unspecified atom stereocenters. The van der Waals surface area contributed by atoms with Crippen LogP contribution < -0.4 is 0 Å². The SMILES string of the molecule is c1ccc(-c2c3ccccc3c(-c3ccccc3)c3cc(-c4ccc5c(c4)nc4c6ccccc6c6ccccc6n54)ccc23)cc1. The Morgan fingerprint density at radius 2 is 0.830 bits per heavy atom. The van der Waals surface area contributed by atoms with Crippen LogP contribution in [0.5, 0.6) is 0 Å². The number of pyridine rings is 1. The van der Waals surface area contributed by atoms with E-state index < -0.39 is 0 Å². The molecule has 8 aromatic carbocycles. The van der Waals surface area contributed by atoms with E-state index in [1.807, 2.05) is 0 Å². The molecule has 218 valence electrons. The standard InChI is InChI=1S/C45H28N2/c1-3-13-29(14-4-1)43-35-19-8-9-20-36(35)44(30-15-5-2-6-16-30)39-27-31(23-25-37(39)43)32-24-26-42-40(28-32)46-45-38-21-10-7-17-33(38)34-18-11-12-22-41(34)47(42)45/h1-28H. The number of rotatable bonds is 3. The molecule has 0 aliphatic heterocycles. The Balaban J connectivity index is 1.26. The first-order valence-corrected chi connectivity index (χ1v) is 16.1. The van der Waals surface area contributed by atoms with E-state index >= 15 is 0 Å². The molecule has 0 saturated heterocycles. The lowest BCUT2D eigenvalue weighted by Gasteiger charge is -2.18. The maximum atomic E-state index is 5.26. The van der Waals surface area contributed by atoms with Crippen LogP contribution in [-0.4, -0.2) is 9.38 Å². The van der Waals surface area contributed by atoms with Gasteiger partial charge in [0.2, 0.25) is 0 Å². The predicted molar refractivity (Wildman–Crippen MR) is 199 cm³/mol. The fraction of sp³-hybridized carbons (Fsp3) is 0. The third-order valence-electron chi connectivity index (χ3n) is 9.74. The molecule has 47 heavy (non-hydrogen) atoms. The maximum absolute atomic E-state index is 5.26. The van der Waals surface area contributed by atoms with Crippen LogP contribution in [0.25, 0.3) is 93.3 Å². The Labute approximate surface area is 271 Å². The molecule has 0 radical (unpaired) electrons. The summed E-state index contributed by atoms with van der Waals surface area (Å²) in [5.41, 5.74) is 11.6. The first-order valence-electron chi connectivity index (χ1n) is 16.1. The molecule has 0 atom stereocenters.